The first-order valence-corrected chi connectivity index (χ1v) is 17.4. The predicted octanol–water partition coefficient (Wildman–Crippen LogP) is 3.79. The zero-order valence-electron chi connectivity index (χ0n) is 29.6. The first-order chi connectivity index (χ1) is 23.6. The van der Waals surface area contributed by atoms with Crippen molar-refractivity contribution in [1.29, 1.82) is 0 Å². The summed E-state index contributed by atoms with van der Waals surface area (Å²) in [5.41, 5.74) is 5.80. The number of nitrogens with zero attached hydrogens (tertiary/aromatic N) is 1. The van der Waals surface area contributed by atoms with Gasteiger partial charge in [0.1, 0.15) is 18.7 Å². The SMILES string of the molecule is CC(C)[C@@H]1C[C@@H](C(=O)NC(CC2CCC2)C(=O)C(N)=O)N(C(=O)[C@@H](NC(=O)N[C@@H](C(=O)OCc2ccccc2)c2ccccc2)C(C)(C)C)C1. The second-order valence-corrected chi connectivity index (χ2v) is 14.9. The van der Waals surface area contributed by atoms with E-state index < -0.39 is 65.1 Å². The molecule has 1 saturated heterocycles. The molecule has 0 radical (unpaired) electrons. The molecule has 5 N–H and O–H groups in total. The molecule has 0 spiro atoms. The molecule has 1 heterocycles. The van der Waals surface area contributed by atoms with Crippen molar-refractivity contribution >= 4 is 35.5 Å². The van der Waals surface area contributed by atoms with Crippen LogP contribution in [-0.4, -0.2) is 65.1 Å². The lowest BCUT2D eigenvalue weighted by Gasteiger charge is -2.36. The molecule has 1 aliphatic heterocycles. The van der Waals surface area contributed by atoms with Crippen LogP contribution in [0.4, 0.5) is 4.79 Å². The van der Waals surface area contributed by atoms with Crippen LogP contribution in [0.25, 0.3) is 0 Å². The second kappa shape index (κ2) is 16.8. The number of hydrogen-bond acceptors (Lipinski definition) is 7. The van der Waals surface area contributed by atoms with E-state index in [0.29, 0.717) is 18.4 Å². The topological polar surface area (TPSA) is 177 Å². The number of Topliss-reactive ketones (excluding diaryl/α,β-unsaturated/α-hetero) is 1. The molecule has 4 rings (SSSR count). The van der Waals surface area contributed by atoms with Gasteiger partial charge in [-0.3, -0.25) is 19.2 Å². The summed E-state index contributed by atoms with van der Waals surface area (Å²) in [7, 11) is 0. The van der Waals surface area contributed by atoms with Crippen LogP contribution in [0, 0.1) is 23.2 Å². The molecule has 2 fully saturated rings. The van der Waals surface area contributed by atoms with E-state index in [9.17, 15) is 28.8 Å². The minimum atomic E-state index is -1.17. The average molecular weight is 690 g/mol. The summed E-state index contributed by atoms with van der Waals surface area (Å²) >= 11 is 0. The number of primary amides is 1. The highest BCUT2D eigenvalue weighted by molar-refractivity contribution is 6.37. The van der Waals surface area contributed by atoms with Crippen LogP contribution in [0.1, 0.15) is 83.9 Å². The monoisotopic (exact) mass is 689 g/mol. The summed E-state index contributed by atoms with van der Waals surface area (Å²) in [4.78, 5) is 81.2. The van der Waals surface area contributed by atoms with E-state index in [0.717, 1.165) is 24.8 Å². The number of nitrogens with one attached hydrogen (secondary N) is 3. The van der Waals surface area contributed by atoms with Gasteiger partial charge < -0.3 is 31.3 Å². The molecule has 0 bridgehead atoms. The van der Waals surface area contributed by atoms with Gasteiger partial charge in [-0.05, 0) is 47.1 Å². The third kappa shape index (κ3) is 9.92. The largest absolute Gasteiger partial charge is 0.459 e. The van der Waals surface area contributed by atoms with Gasteiger partial charge in [0, 0.05) is 6.54 Å². The Morgan fingerprint density at radius 1 is 0.900 bits per heavy atom. The van der Waals surface area contributed by atoms with Crippen LogP contribution in [0.15, 0.2) is 60.7 Å². The fourth-order valence-corrected chi connectivity index (χ4v) is 6.43. The van der Waals surface area contributed by atoms with Crippen molar-refractivity contribution in [1.82, 2.24) is 20.9 Å². The van der Waals surface area contributed by atoms with Crippen molar-refractivity contribution in [2.24, 2.45) is 28.9 Å². The van der Waals surface area contributed by atoms with Crippen LogP contribution in [0.5, 0.6) is 0 Å². The van der Waals surface area contributed by atoms with Crippen LogP contribution in [0.2, 0.25) is 0 Å². The molecule has 50 heavy (non-hydrogen) atoms. The van der Waals surface area contributed by atoms with Crippen molar-refractivity contribution in [3.63, 3.8) is 0 Å². The zero-order chi connectivity index (χ0) is 36.6. The molecule has 1 saturated carbocycles. The van der Waals surface area contributed by atoms with Gasteiger partial charge in [-0.2, -0.15) is 0 Å². The number of urea groups is 1. The number of rotatable bonds is 14. The van der Waals surface area contributed by atoms with Crippen LogP contribution >= 0.6 is 0 Å². The number of amides is 5. The average Bonchev–Trinajstić information content (AvgIpc) is 3.52. The Hall–Kier alpha value is -4.74. The van der Waals surface area contributed by atoms with E-state index in [4.69, 9.17) is 10.5 Å². The molecule has 2 aromatic rings. The quantitative estimate of drug-likeness (QED) is 0.172. The Labute approximate surface area is 294 Å². The number of ether oxygens (including phenoxy) is 1. The number of carbonyl (C=O) groups is 6. The summed E-state index contributed by atoms with van der Waals surface area (Å²) in [6.07, 6.45) is 3.48. The number of benzene rings is 2. The summed E-state index contributed by atoms with van der Waals surface area (Å²) in [5.74, 6) is -3.35. The Kier molecular flexibility index (Phi) is 12.8. The molecule has 270 valence electrons. The van der Waals surface area contributed by atoms with E-state index >= 15 is 0 Å². The number of carbonyl (C=O) groups excluding carboxylic acids is 6. The van der Waals surface area contributed by atoms with Gasteiger partial charge in [0.15, 0.2) is 6.04 Å². The Morgan fingerprint density at radius 3 is 2.06 bits per heavy atom. The number of ketones is 1. The standard InChI is InChI=1S/C38H51N5O7/c1-23(2)27-20-29(34(46)40-28(31(44)33(39)45)19-24-15-12-16-24)43(21-27)35(47)32(38(3,4)5)42-37(49)41-30(26-17-10-7-11-18-26)36(48)50-22-25-13-8-6-9-14-25/h6-11,13-14,17-18,23-24,27-30,32H,12,15-16,19-22H2,1-5H3,(H2,39,45)(H,40,46)(H2,41,42,49)/t27-,28?,29+,30-,32-/m1/s1. The first-order valence-electron chi connectivity index (χ1n) is 17.4. The molecule has 5 atom stereocenters. The van der Waals surface area contributed by atoms with E-state index in [-0.39, 0.29) is 30.9 Å². The number of likely N-dealkylation sites (tertiary alicyclic amines) is 1. The van der Waals surface area contributed by atoms with Crippen molar-refractivity contribution in [3.8, 4) is 0 Å². The van der Waals surface area contributed by atoms with Crippen LogP contribution in [-0.2, 0) is 35.3 Å². The number of esters is 1. The molecular weight excluding hydrogens is 638 g/mol. The normalized spacial score (nSPS) is 19.4. The highest BCUT2D eigenvalue weighted by atomic mass is 16.5. The molecule has 0 aromatic heterocycles. The van der Waals surface area contributed by atoms with Crippen molar-refractivity contribution in [3.05, 3.63) is 71.8 Å². The summed E-state index contributed by atoms with van der Waals surface area (Å²) in [6.45, 7) is 9.68. The van der Waals surface area contributed by atoms with Gasteiger partial charge in [-0.1, -0.05) is 115 Å². The van der Waals surface area contributed by atoms with E-state index in [1.165, 1.54) is 4.90 Å². The molecule has 12 heteroatoms. The summed E-state index contributed by atoms with van der Waals surface area (Å²) in [5, 5.41) is 8.23. The lowest BCUT2D eigenvalue weighted by molar-refractivity contribution is -0.147. The van der Waals surface area contributed by atoms with E-state index in [1.54, 1.807) is 51.1 Å². The summed E-state index contributed by atoms with van der Waals surface area (Å²) < 4.78 is 5.57. The van der Waals surface area contributed by atoms with Crippen molar-refractivity contribution in [2.45, 2.75) is 97.5 Å². The fourth-order valence-electron chi connectivity index (χ4n) is 6.43. The highest BCUT2D eigenvalue weighted by Gasteiger charge is 2.46. The van der Waals surface area contributed by atoms with Gasteiger partial charge in [0.05, 0.1) is 6.04 Å². The molecular formula is C38H51N5O7. The Balaban J connectivity index is 1.53. The third-order valence-electron chi connectivity index (χ3n) is 9.79. The van der Waals surface area contributed by atoms with Crippen molar-refractivity contribution in [2.75, 3.05) is 6.54 Å². The highest BCUT2D eigenvalue weighted by Crippen LogP contribution is 2.33. The maximum absolute atomic E-state index is 14.4. The van der Waals surface area contributed by atoms with Crippen molar-refractivity contribution < 1.29 is 33.5 Å². The van der Waals surface area contributed by atoms with Gasteiger partial charge in [0.25, 0.3) is 5.91 Å². The van der Waals surface area contributed by atoms with Gasteiger partial charge in [-0.25, -0.2) is 9.59 Å². The predicted molar refractivity (Wildman–Crippen MR) is 187 cm³/mol. The maximum Gasteiger partial charge on any atom is 0.333 e. The van der Waals surface area contributed by atoms with E-state index in [2.05, 4.69) is 16.0 Å². The summed E-state index contributed by atoms with van der Waals surface area (Å²) in [6, 6.07) is 12.8. The Morgan fingerprint density at radius 2 is 1.52 bits per heavy atom. The smallest absolute Gasteiger partial charge is 0.333 e. The minimum Gasteiger partial charge on any atom is -0.459 e. The number of nitrogens with two attached hydrogens (primary N) is 1. The molecule has 5 amide bonds. The fraction of sp³-hybridized carbons (Fsp3) is 0.526. The second-order valence-electron chi connectivity index (χ2n) is 14.9. The van der Waals surface area contributed by atoms with Crippen LogP contribution < -0.4 is 21.7 Å². The minimum absolute atomic E-state index is 0.0113. The van der Waals surface area contributed by atoms with Gasteiger partial charge >= 0.3 is 12.0 Å². The molecule has 2 aromatic carbocycles. The number of hydrogen-bond donors (Lipinski definition) is 4. The van der Waals surface area contributed by atoms with Crippen LogP contribution in [0.3, 0.4) is 0 Å². The molecule has 1 aliphatic carbocycles. The Bertz CT molecular complexity index is 1520. The molecule has 12 nitrogen and oxygen atoms in total. The third-order valence-corrected chi connectivity index (χ3v) is 9.79. The van der Waals surface area contributed by atoms with E-state index in [1.807, 2.05) is 44.2 Å². The molecule has 1 unspecified atom stereocenters. The van der Waals surface area contributed by atoms with Gasteiger partial charge in [0.2, 0.25) is 17.6 Å². The lowest BCUT2D eigenvalue weighted by atomic mass is 9.80. The first kappa shape index (κ1) is 38.1. The lowest BCUT2D eigenvalue weighted by Crippen LogP contribution is -2.60. The maximum atomic E-state index is 14.4. The van der Waals surface area contributed by atoms with Gasteiger partial charge in [-0.15, -0.1) is 0 Å². The zero-order valence-corrected chi connectivity index (χ0v) is 29.6. The molecule has 2 aliphatic rings.